The first-order valence-corrected chi connectivity index (χ1v) is 13.1. The van der Waals surface area contributed by atoms with Crippen LogP contribution in [0.15, 0.2) is 79.3 Å². The van der Waals surface area contributed by atoms with Gasteiger partial charge < -0.3 is 14.8 Å². The number of carbonyl (C=O) groups is 1. The summed E-state index contributed by atoms with van der Waals surface area (Å²) in [5.41, 5.74) is 7.06. The van der Waals surface area contributed by atoms with Gasteiger partial charge in [0.05, 0.1) is 23.4 Å². The number of pyridine rings is 1. The topological polar surface area (TPSA) is 90.1 Å². The van der Waals surface area contributed by atoms with E-state index in [9.17, 15) is 4.79 Å². The zero-order valence-electron chi connectivity index (χ0n) is 21.8. The number of nitrogens with zero attached hydrogens (tertiary/aromatic N) is 6. The fraction of sp³-hybridized carbons (Fsp3) is 0.226. The molecule has 2 aliphatic rings. The molecule has 8 nitrogen and oxygen atoms in total. The molecule has 6 rings (SSSR count). The lowest BCUT2D eigenvalue weighted by Crippen LogP contribution is -2.51. The Kier molecular flexibility index (Phi) is 6.66. The number of nitriles is 1. The Morgan fingerprint density at radius 3 is 2.54 bits per heavy atom. The summed E-state index contributed by atoms with van der Waals surface area (Å²) in [6, 6.07) is 21.6. The van der Waals surface area contributed by atoms with Gasteiger partial charge >= 0.3 is 6.03 Å². The number of fused-ring (bicyclic) bond motifs is 2. The quantitative estimate of drug-likeness (QED) is 0.415. The molecular weight excluding hydrogens is 486 g/mol. The van der Waals surface area contributed by atoms with Gasteiger partial charge in [0.25, 0.3) is 0 Å². The maximum absolute atomic E-state index is 13.0. The Balaban J connectivity index is 1.25. The molecule has 3 heterocycles. The lowest BCUT2D eigenvalue weighted by atomic mass is 9.95. The summed E-state index contributed by atoms with van der Waals surface area (Å²) in [5.74, 6) is 0.978. The standard InChI is InChI=1S/C31H29N7O/c1-22-33-13-14-38(22)21-25-19-24-5-2-3-6-28(24)30(29-27(25)7-4-12-34-29)36-15-17-37(18-16-36)31(39)35-26-10-8-23(20-32)9-11-26/h2-14,19,30H,15-18,21H2,1H3,(H,35,39). The highest BCUT2D eigenvalue weighted by molar-refractivity contribution is 5.89. The number of piperazine rings is 1. The number of anilines is 1. The van der Waals surface area contributed by atoms with Crippen molar-refractivity contribution in [3.05, 3.63) is 113 Å². The molecular formula is C31H29N7O. The van der Waals surface area contributed by atoms with Crippen LogP contribution < -0.4 is 5.32 Å². The lowest BCUT2D eigenvalue weighted by Gasteiger charge is -2.39. The third kappa shape index (κ3) is 4.92. The molecule has 1 aliphatic carbocycles. The first kappa shape index (κ1) is 24.6. The first-order chi connectivity index (χ1) is 19.1. The zero-order chi connectivity index (χ0) is 26.8. The van der Waals surface area contributed by atoms with E-state index in [1.165, 1.54) is 16.7 Å². The number of hydrogen-bond donors (Lipinski definition) is 1. The molecule has 1 atom stereocenters. The second-order valence-electron chi connectivity index (χ2n) is 9.88. The Morgan fingerprint density at radius 2 is 1.79 bits per heavy atom. The van der Waals surface area contributed by atoms with Crippen LogP contribution in [-0.2, 0) is 6.54 Å². The van der Waals surface area contributed by atoms with Crippen LogP contribution in [0.4, 0.5) is 10.5 Å². The van der Waals surface area contributed by atoms with Gasteiger partial charge in [-0.3, -0.25) is 9.88 Å². The smallest absolute Gasteiger partial charge is 0.321 e. The second kappa shape index (κ2) is 10.6. The molecule has 1 unspecified atom stereocenters. The molecule has 1 N–H and O–H groups in total. The highest BCUT2D eigenvalue weighted by atomic mass is 16.2. The lowest BCUT2D eigenvalue weighted by molar-refractivity contribution is 0.125. The van der Waals surface area contributed by atoms with Crippen LogP contribution in [0, 0.1) is 18.3 Å². The molecule has 4 aromatic rings. The third-order valence-corrected chi connectivity index (χ3v) is 7.56. The van der Waals surface area contributed by atoms with Gasteiger partial charge in [-0.15, -0.1) is 0 Å². The van der Waals surface area contributed by atoms with Gasteiger partial charge in [0.15, 0.2) is 0 Å². The number of allylic oxidation sites excluding steroid dienone is 1. The number of benzene rings is 2. The van der Waals surface area contributed by atoms with Crippen LogP contribution in [-0.4, -0.2) is 56.5 Å². The van der Waals surface area contributed by atoms with E-state index < -0.39 is 0 Å². The fourth-order valence-corrected chi connectivity index (χ4v) is 5.48. The predicted molar refractivity (Wildman–Crippen MR) is 151 cm³/mol. The van der Waals surface area contributed by atoms with Gasteiger partial charge in [-0.2, -0.15) is 5.26 Å². The number of urea groups is 1. The van der Waals surface area contributed by atoms with E-state index in [2.05, 4.69) is 62.2 Å². The van der Waals surface area contributed by atoms with Crippen LogP contribution >= 0.6 is 0 Å². The maximum atomic E-state index is 13.0. The van der Waals surface area contributed by atoms with Crippen molar-refractivity contribution in [3.63, 3.8) is 0 Å². The van der Waals surface area contributed by atoms with Gasteiger partial charge in [0, 0.05) is 62.6 Å². The average molecular weight is 516 g/mol. The predicted octanol–water partition coefficient (Wildman–Crippen LogP) is 4.95. The van der Waals surface area contributed by atoms with Crippen molar-refractivity contribution in [2.45, 2.75) is 19.5 Å². The number of amides is 2. The molecule has 39 heavy (non-hydrogen) atoms. The monoisotopic (exact) mass is 515 g/mol. The summed E-state index contributed by atoms with van der Waals surface area (Å²) in [4.78, 5) is 26.6. The summed E-state index contributed by atoms with van der Waals surface area (Å²) < 4.78 is 2.16. The minimum atomic E-state index is -0.126. The van der Waals surface area contributed by atoms with E-state index in [-0.39, 0.29) is 12.1 Å². The van der Waals surface area contributed by atoms with Crippen molar-refractivity contribution < 1.29 is 4.79 Å². The molecule has 194 valence electrons. The number of aryl methyl sites for hydroxylation is 1. The van der Waals surface area contributed by atoms with E-state index in [4.69, 9.17) is 10.2 Å². The molecule has 2 aromatic heterocycles. The molecule has 8 heteroatoms. The first-order valence-electron chi connectivity index (χ1n) is 13.1. The summed E-state index contributed by atoms with van der Waals surface area (Å²) in [5, 5.41) is 12.0. The van der Waals surface area contributed by atoms with E-state index in [0.29, 0.717) is 24.3 Å². The maximum Gasteiger partial charge on any atom is 0.321 e. The Morgan fingerprint density at radius 1 is 1.00 bits per heavy atom. The minimum Gasteiger partial charge on any atom is -0.331 e. The normalized spacial score (nSPS) is 16.9. The number of hydrogen-bond acceptors (Lipinski definition) is 5. The number of aromatic nitrogens is 3. The molecule has 1 aliphatic heterocycles. The number of imidazole rings is 1. The molecule has 0 spiro atoms. The van der Waals surface area contributed by atoms with Gasteiger partial charge in [-0.25, -0.2) is 9.78 Å². The minimum absolute atomic E-state index is 0.0150. The van der Waals surface area contributed by atoms with Crippen LogP contribution in [0.1, 0.15) is 39.8 Å². The number of carbonyl (C=O) groups excluding carboxylic acids is 1. The number of rotatable bonds is 4. The SMILES string of the molecule is Cc1nccn1CC1=Cc2ccccc2C(N2CCN(C(=O)Nc3ccc(C#N)cc3)CC2)c2ncccc21. The Bertz CT molecular complexity index is 1570. The van der Waals surface area contributed by atoms with Crippen LogP contribution in [0.3, 0.4) is 0 Å². The molecule has 0 bridgehead atoms. The zero-order valence-corrected chi connectivity index (χ0v) is 21.8. The van der Waals surface area contributed by atoms with E-state index in [1.807, 2.05) is 36.5 Å². The molecule has 2 amide bonds. The Labute approximate surface area is 227 Å². The fourth-order valence-electron chi connectivity index (χ4n) is 5.48. The van der Waals surface area contributed by atoms with Crippen molar-refractivity contribution in [1.82, 2.24) is 24.3 Å². The highest BCUT2D eigenvalue weighted by Crippen LogP contribution is 2.39. The van der Waals surface area contributed by atoms with Gasteiger partial charge in [-0.05, 0) is 60.0 Å². The third-order valence-electron chi connectivity index (χ3n) is 7.56. The number of nitrogens with one attached hydrogen (secondary N) is 1. The highest BCUT2D eigenvalue weighted by Gasteiger charge is 2.33. The second-order valence-corrected chi connectivity index (χ2v) is 9.88. The van der Waals surface area contributed by atoms with E-state index >= 15 is 0 Å². The van der Waals surface area contributed by atoms with Crippen molar-refractivity contribution in [3.8, 4) is 6.07 Å². The van der Waals surface area contributed by atoms with E-state index in [0.717, 1.165) is 36.7 Å². The summed E-state index contributed by atoms with van der Waals surface area (Å²) in [7, 11) is 0. The van der Waals surface area contributed by atoms with Crippen LogP contribution in [0.25, 0.3) is 11.6 Å². The molecule has 2 aromatic carbocycles. The van der Waals surface area contributed by atoms with Gasteiger partial charge in [0.1, 0.15) is 5.82 Å². The van der Waals surface area contributed by atoms with Gasteiger partial charge in [0.2, 0.25) is 0 Å². The van der Waals surface area contributed by atoms with Gasteiger partial charge in [-0.1, -0.05) is 30.3 Å². The molecule has 0 radical (unpaired) electrons. The van der Waals surface area contributed by atoms with Crippen molar-refractivity contribution in [1.29, 1.82) is 5.26 Å². The summed E-state index contributed by atoms with van der Waals surface area (Å²) in [6.45, 7) is 5.41. The van der Waals surface area contributed by atoms with Crippen LogP contribution in [0.5, 0.6) is 0 Å². The van der Waals surface area contributed by atoms with Crippen molar-refractivity contribution in [2.75, 3.05) is 31.5 Å². The van der Waals surface area contributed by atoms with E-state index in [1.54, 1.807) is 24.3 Å². The van der Waals surface area contributed by atoms with Crippen molar-refractivity contribution in [2.24, 2.45) is 0 Å². The average Bonchev–Trinajstić information content (AvgIpc) is 3.32. The molecule has 1 saturated heterocycles. The Hall–Kier alpha value is -4.74. The molecule has 1 fully saturated rings. The van der Waals surface area contributed by atoms with Crippen molar-refractivity contribution >= 4 is 23.4 Å². The largest absolute Gasteiger partial charge is 0.331 e. The summed E-state index contributed by atoms with van der Waals surface area (Å²) in [6.07, 6.45) is 8.02. The van der Waals surface area contributed by atoms with Crippen LogP contribution in [0.2, 0.25) is 0 Å². The summed E-state index contributed by atoms with van der Waals surface area (Å²) >= 11 is 0. The molecule has 0 saturated carbocycles.